The quantitative estimate of drug-likeness (QED) is 0.602. The predicted octanol–water partition coefficient (Wildman–Crippen LogP) is 2.93. The van der Waals surface area contributed by atoms with E-state index in [-0.39, 0.29) is 6.42 Å². The van der Waals surface area contributed by atoms with E-state index in [2.05, 4.69) is 10.9 Å². The number of amides is 2. The minimum atomic E-state index is -1.11. The highest BCUT2D eigenvalue weighted by atomic mass is 35.5. The standard InChI is InChI=1S/C18H16Cl2N2O4/c1-11(17(24)21-22-18(25)12-6-3-2-4-7-12)26-16(23)10-13-14(19)8-5-9-15(13)20/h2-9,11H,10H2,1H3,(H,21,24)(H,22,25)/t11-/m1/s1. The van der Waals surface area contributed by atoms with Crippen molar-refractivity contribution in [2.75, 3.05) is 0 Å². The van der Waals surface area contributed by atoms with Gasteiger partial charge < -0.3 is 4.74 Å². The number of carbonyl (C=O) groups excluding carboxylic acids is 3. The molecule has 0 aliphatic rings. The van der Waals surface area contributed by atoms with Gasteiger partial charge in [-0.05, 0) is 31.2 Å². The molecule has 8 heteroatoms. The second-order valence-electron chi connectivity index (χ2n) is 5.32. The van der Waals surface area contributed by atoms with Gasteiger partial charge in [0.25, 0.3) is 11.8 Å². The van der Waals surface area contributed by atoms with Crippen LogP contribution in [0.25, 0.3) is 0 Å². The summed E-state index contributed by atoms with van der Waals surface area (Å²) in [6.07, 6.45) is -1.29. The van der Waals surface area contributed by atoms with Crippen LogP contribution in [0.3, 0.4) is 0 Å². The van der Waals surface area contributed by atoms with E-state index in [9.17, 15) is 14.4 Å². The zero-order valence-electron chi connectivity index (χ0n) is 13.8. The molecule has 2 aromatic rings. The lowest BCUT2D eigenvalue weighted by molar-refractivity contribution is -0.154. The molecule has 0 aromatic heterocycles. The van der Waals surface area contributed by atoms with Gasteiger partial charge in [0.15, 0.2) is 6.10 Å². The summed E-state index contributed by atoms with van der Waals surface area (Å²) < 4.78 is 5.04. The van der Waals surface area contributed by atoms with Crippen molar-refractivity contribution in [2.24, 2.45) is 0 Å². The van der Waals surface area contributed by atoms with Crippen molar-refractivity contribution in [3.05, 3.63) is 69.7 Å². The lowest BCUT2D eigenvalue weighted by Crippen LogP contribution is -2.46. The number of hydrogen-bond acceptors (Lipinski definition) is 4. The fraction of sp³-hybridized carbons (Fsp3) is 0.167. The molecule has 0 aliphatic carbocycles. The Morgan fingerprint density at radius 3 is 2.19 bits per heavy atom. The summed E-state index contributed by atoms with van der Waals surface area (Å²) in [5.74, 6) is -1.83. The molecule has 6 nitrogen and oxygen atoms in total. The van der Waals surface area contributed by atoms with Crippen LogP contribution in [0.15, 0.2) is 48.5 Å². The van der Waals surface area contributed by atoms with Crippen LogP contribution in [-0.2, 0) is 20.7 Å². The lowest BCUT2D eigenvalue weighted by Gasteiger charge is -2.14. The maximum atomic E-state index is 12.0. The van der Waals surface area contributed by atoms with Gasteiger partial charge in [0.05, 0.1) is 6.42 Å². The van der Waals surface area contributed by atoms with E-state index < -0.39 is 23.9 Å². The summed E-state index contributed by atoms with van der Waals surface area (Å²) in [5.41, 5.74) is 5.26. The van der Waals surface area contributed by atoms with E-state index in [1.54, 1.807) is 48.5 Å². The van der Waals surface area contributed by atoms with E-state index in [0.29, 0.717) is 21.2 Å². The number of benzene rings is 2. The molecular weight excluding hydrogens is 379 g/mol. The van der Waals surface area contributed by atoms with Gasteiger partial charge in [-0.2, -0.15) is 0 Å². The third kappa shape index (κ3) is 5.47. The highest BCUT2D eigenvalue weighted by Crippen LogP contribution is 2.25. The molecule has 26 heavy (non-hydrogen) atoms. The molecule has 1 atom stereocenters. The van der Waals surface area contributed by atoms with E-state index in [1.807, 2.05) is 0 Å². The molecule has 0 saturated heterocycles. The van der Waals surface area contributed by atoms with Gasteiger partial charge >= 0.3 is 5.97 Å². The first-order valence-electron chi connectivity index (χ1n) is 7.66. The van der Waals surface area contributed by atoms with Crippen molar-refractivity contribution in [3.63, 3.8) is 0 Å². The second kappa shape index (κ2) is 9.22. The number of rotatable bonds is 5. The van der Waals surface area contributed by atoms with Crippen molar-refractivity contribution in [3.8, 4) is 0 Å². The number of hydrazine groups is 1. The molecule has 0 saturated carbocycles. The van der Waals surface area contributed by atoms with Crippen LogP contribution in [0.2, 0.25) is 10.0 Å². The normalized spacial score (nSPS) is 11.3. The van der Waals surface area contributed by atoms with Crippen molar-refractivity contribution in [1.29, 1.82) is 0 Å². The molecule has 2 aromatic carbocycles. The van der Waals surface area contributed by atoms with Gasteiger partial charge in [-0.3, -0.25) is 25.2 Å². The molecule has 0 heterocycles. The van der Waals surface area contributed by atoms with Gasteiger partial charge in [-0.25, -0.2) is 0 Å². The smallest absolute Gasteiger partial charge is 0.311 e. The number of halogens is 2. The predicted molar refractivity (Wildman–Crippen MR) is 97.8 cm³/mol. The molecule has 0 unspecified atom stereocenters. The maximum absolute atomic E-state index is 12.0. The molecule has 2 rings (SSSR count). The molecule has 136 valence electrons. The molecule has 2 amide bonds. The minimum Gasteiger partial charge on any atom is -0.452 e. The first kappa shape index (κ1) is 19.8. The van der Waals surface area contributed by atoms with Gasteiger partial charge in [0.1, 0.15) is 0 Å². The van der Waals surface area contributed by atoms with Gasteiger partial charge in [-0.1, -0.05) is 47.5 Å². The Morgan fingerprint density at radius 1 is 0.962 bits per heavy atom. The molecule has 0 fully saturated rings. The molecule has 0 aliphatic heterocycles. The van der Waals surface area contributed by atoms with Crippen LogP contribution >= 0.6 is 23.2 Å². The first-order chi connectivity index (χ1) is 12.4. The third-order valence-electron chi connectivity index (χ3n) is 3.40. The average molecular weight is 395 g/mol. The van der Waals surface area contributed by atoms with Crippen LogP contribution in [0.1, 0.15) is 22.8 Å². The van der Waals surface area contributed by atoms with Gasteiger partial charge in [0.2, 0.25) is 0 Å². The molecular formula is C18H16Cl2N2O4. The number of ether oxygens (including phenoxy) is 1. The largest absolute Gasteiger partial charge is 0.452 e. The molecule has 0 bridgehead atoms. The molecule has 2 N–H and O–H groups in total. The van der Waals surface area contributed by atoms with Crippen molar-refractivity contribution >= 4 is 41.0 Å². The van der Waals surface area contributed by atoms with Crippen LogP contribution in [-0.4, -0.2) is 23.9 Å². The zero-order chi connectivity index (χ0) is 19.1. The van der Waals surface area contributed by atoms with Crippen LogP contribution < -0.4 is 10.9 Å². The van der Waals surface area contributed by atoms with E-state index in [0.717, 1.165) is 0 Å². The Balaban J connectivity index is 1.84. The van der Waals surface area contributed by atoms with Crippen LogP contribution in [0.4, 0.5) is 0 Å². The van der Waals surface area contributed by atoms with Crippen molar-refractivity contribution in [1.82, 2.24) is 10.9 Å². The van der Waals surface area contributed by atoms with Crippen LogP contribution in [0, 0.1) is 0 Å². The fourth-order valence-corrected chi connectivity index (χ4v) is 2.55. The zero-order valence-corrected chi connectivity index (χ0v) is 15.3. The van der Waals surface area contributed by atoms with Crippen LogP contribution in [0.5, 0.6) is 0 Å². The Morgan fingerprint density at radius 2 is 1.58 bits per heavy atom. The monoisotopic (exact) mass is 394 g/mol. The van der Waals surface area contributed by atoms with E-state index in [1.165, 1.54) is 6.92 Å². The second-order valence-corrected chi connectivity index (χ2v) is 6.13. The third-order valence-corrected chi connectivity index (χ3v) is 4.10. The Hall–Kier alpha value is -2.57. The Kier molecular flexibility index (Phi) is 7.00. The maximum Gasteiger partial charge on any atom is 0.311 e. The van der Waals surface area contributed by atoms with Gasteiger partial charge in [-0.15, -0.1) is 0 Å². The Labute approximate surface area is 160 Å². The highest BCUT2D eigenvalue weighted by molar-refractivity contribution is 6.36. The summed E-state index contributed by atoms with van der Waals surface area (Å²) in [6.45, 7) is 1.39. The number of carbonyl (C=O) groups is 3. The number of esters is 1. The Bertz CT molecular complexity index is 792. The van der Waals surface area contributed by atoms with E-state index >= 15 is 0 Å². The topological polar surface area (TPSA) is 84.5 Å². The minimum absolute atomic E-state index is 0.174. The number of hydrogen-bond donors (Lipinski definition) is 2. The summed E-state index contributed by atoms with van der Waals surface area (Å²) in [4.78, 5) is 35.8. The SMILES string of the molecule is C[C@@H](OC(=O)Cc1c(Cl)cccc1Cl)C(=O)NNC(=O)c1ccccc1. The summed E-state index contributed by atoms with van der Waals surface area (Å²) in [7, 11) is 0. The molecule has 0 radical (unpaired) electrons. The van der Waals surface area contributed by atoms with Gasteiger partial charge in [0, 0.05) is 21.2 Å². The first-order valence-corrected chi connectivity index (χ1v) is 8.41. The summed E-state index contributed by atoms with van der Waals surface area (Å²) in [5, 5.41) is 0.670. The summed E-state index contributed by atoms with van der Waals surface area (Å²) in [6, 6.07) is 13.2. The average Bonchev–Trinajstić information content (AvgIpc) is 2.63. The molecule has 0 spiro atoms. The van der Waals surface area contributed by atoms with E-state index in [4.69, 9.17) is 27.9 Å². The lowest BCUT2D eigenvalue weighted by atomic mass is 10.1. The summed E-state index contributed by atoms with van der Waals surface area (Å²) >= 11 is 12.0. The highest BCUT2D eigenvalue weighted by Gasteiger charge is 2.20. The van der Waals surface area contributed by atoms with Crippen molar-refractivity contribution in [2.45, 2.75) is 19.4 Å². The van der Waals surface area contributed by atoms with Crippen molar-refractivity contribution < 1.29 is 19.1 Å². The number of nitrogens with one attached hydrogen (secondary N) is 2. The fourth-order valence-electron chi connectivity index (χ4n) is 2.02.